The van der Waals surface area contributed by atoms with E-state index in [4.69, 9.17) is 9.84 Å². The Kier molecular flexibility index (Phi) is 6.10. The highest BCUT2D eigenvalue weighted by Crippen LogP contribution is 2.24. The average molecular weight is 334 g/mol. The lowest BCUT2D eigenvalue weighted by atomic mass is 10.2. The van der Waals surface area contributed by atoms with Crippen LogP contribution in [0.1, 0.15) is 23.4 Å². The zero-order valence-corrected chi connectivity index (χ0v) is 13.6. The van der Waals surface area contributed by atoms with Crippen LogP contribution in [-0.2, 0) is 16.0 Å². The first-order chi connectivity index (χ1) is 11.0. The molecule has 7 heteroatoms. The van der Waals surface area contributed by atoms with Gasteiger partial charge in [0.1, 0.15) is 5.75 Å². The van der Waals surface area contributed by atoms with Crippen molar-refractivity contribution in [2.75, 3.05) is 11.9 Å². The van der Waals surface area contributed by atoms with E-state index in [1.54, 1.807) is 0 Å². The van der Waals surface area contributed by atoms with Crippen LogP contribution in [0.15, 0.2) is 30.3 Å². The molecule has 0 aliphatic heterocycles. The van der Waals surface area contributed by atoms with Gasteiger partial charge in [0.05, 0.1) is 25.1 Å². The lowest BCUT2D eigenvalue weighted by molar-refractivity contribution is -0.137. The minimum atomic E-state index is -0.846. The molecule has 0 saturated heterocycles. The van der Waals surface area contributed by atoms with E-state index in [1.807, 2.05) is 37.3 Å². The van der Waals surface area contributed by atoms with Crippen LogP contribution in [0.25, 0.3) is 0 Å². The van der Waals surface area contributed by atoms with Crippen LogP contribution in [0.5, 0.6) is 5.75 Å². The standard InChI is InChI=1S/C16H18N2O4S/c1-11-13(7-8-15(20)21)23-16(17-11)18-14(19)9-10-22-12-5-3-2-4-6-12/h2-6H,7-10H2,1H3,(H,20,21)(H,17,18,19). The zero-order valence-electron chi connectivity index (χ0n) is 12.7. The van der Waals surface area contributed by atoms with Gasteiger partial charge in [-0.25, -0.2) is 4.98 Å². The topological polar surface area (TPSA) is 88.5 Å². The Morgan fingerprint density at radius 1 is 1.26 bits per heavy atom. The third-order valence-electron chi connectivity index (χ3n) is 3.05. The Morgan fingerprint density at radius 3 is 2.70 bits per heavy atom. The second-order valence-corrected chi connectivity index (χ2v) is 5.96. The van der Waals surface area contributed by atoms with E-state index < -0.39 is 5.97 Å². The van der Waals surface area contributed by atoms with Crippen molar-refractivity contribution in [1.82, 2.24) is 4.98 Å². The zero-order chi connectivity index (χ0) is 16.7. The molecule has 1 amide bonds. The number of aromatic nitrogens is 1. The summed E-state index contributed by atoms with van der Waals surface area (Å²) < 4.78 is 5.47. The molecule has 0 bridgehead atoms. The van der Waals surface area contributed by atoms with Crippen LogP contribution in [0.2, 0.25) is 0 Å². The van der Waals surface area contributed by atoms with E-state index in [2.05, 4.69) is 10.3 Å². The van der Waals surface area contributed by atoms with Crippen molar-refractivity contribution in [3.63, 3.8) is 0 Å². The summed E-state index contributed by atoms with van der Waals surface area (Å²) in [6.07, 6.45) is 0.700. The van der Waals surface area contributed by atoms with Crippen LogP contribution >= 0.6 is 11.3 Å². The molecule has 0 atom stereocenters. The number of carbonyl (C=O) groups is 2. The minimum absolute atomic E-state index is 0.0569. The molecule has 2 aromatic rings. The molecular weight excluding hydrogens is 316 g/mol. The molecule has 0 aliphatic carbocycles. The highest BCUT2D eigenvalue weighted by Gasteiger charge is 2.11. The number of thiazole rings is 1. The van der Waals surface area contributed by atoms with Crippen molar-refractivity contribution >= 4 is 28.3 Å². The van der Waals surface area contributed by atoms with E-state index in [0.717, 1.165) is 16.3 Å². The van der Waals surface area contributed by atoms with Gasteiger partial charge in [-0.1, -0.05) is 18.2 Å². The molecule has 0 spiro atoms. The first-order valence-corrected chi connectivity index (χ1v) is 8.02. The summed E-state index contributed by atoms with van der Waals surface area (Å²) in [6.45, 7) is 2.09. The Hall–Kier alpha value is -2.41. The predicted octanol–water partition coefficient (Wildman–Crippen LogP) is 2.88. The number of nitrogens with zero attached hydrogens (tertiary/aromatic N) is 1. The number of nitrogens with one attached hydrogen (secondary N) is 1. The largest absolute Gasteiger partial charge is 0.493 e. The Labute approximate surface area is 138 Å². The molecule has 2 N–H and O–H groups in total. The number of aliphatic carboxylic acids is 1. The van der Waals surface area contributed by atoms with Crippen LogP contribution in [0.3, 0.4) is 0 Å². The van der Waals surface area contributed by atoms with Crippen LogP contribution in [-0.4, -0.2) is 28.6 Å². The summed E-state index contributed by atoms with van der Waals surface area (Å²) in [5, 5.41) is 11.9. The van der Waals surface area contributed by atoms with Crippen LogP contribution < -0.4 is 10.1 Å². The molecule has 0 unspecified atom stereocenters. The maximum Gasteiger partial charge on any atom is 0.303 e. The van der Waals surface area contributed by atoms with E-state index >= 15 is 0 Å². The third kappa shape index (κ3) is 5.71. The second kappa shape index (κ2) is 8.28. The molecular formula is C16H18N2O4S. The summed E-state index contributed by atoms with van der Waals surface area (Å²) in [7, 11) is 0. The molecule has 1 aromatic carbocycles. The third-order valence-corrected chi connectivity index (χ3v) is 4.18. The van der Waals surface area contributed by atoms with Gasteiger partial charge in [-0.15, -0.1) is 11.3 Å². The number of carboxylic acid groups (broad SMARTS) is 1. The molecule has 23 heavy (non-hydrogen) atoms. The Balaban J connectivity index is 1.78. The fraction of sp³-hybridized carbons (Fsp3) is 0.312. The van der Waals surface area contributed by atoms with Crippen molar-refractivity contribution in [3.8, 4) is 5.75 Å². The quantitative estimate of drug-likeness (QED) is 0.775. The SMILES string of the molecule is Cc1nc(NC(=O)CCOc2ccccc2)sc1CCC(=O)O. The average Bonchev–Trinajstić information content (AvgIpc) is 2.86. The van der Waals surface area contributed by atoms with E-state index in [-0.39, 0.29) is 25.4 Å². The number of ether oxygens (including phenoxy) is 1. The van der Waals surface area contributed by atoms with Gasteiger partial charge in [0, 0.05) is 4.88 Å². The summed E-state index contributed by atoms with van der Waals surface area (Å²) >= 11 is 1.31. The van der Waals surface area contributed by atoms with Crippen molar-refractivity contribution in [2.24, 2.45) is 0 Å². The first kappa shape index (κ1) is 17.0. The Bertz CT molecular complexity index is 670. The molecule has 0 aliphatic rings. The molecule has 0 radical (unpaired) electrons. The maximum absolute atomic E-state index is 11.9. The number of carboxylic acids is 1. The number of benzene rings is 1. The van der Waals surface area contributed by atoms with E-state index in [9.17, 15) is 9.59 Å². The van der Waals surface area contributed by atoms with Gasteiger partial charge < -0.3 is 15.2 Å². The molecule has 0 fully saturated rings. The number of aryl methyl sites for hydroxylation is 2. The molecule has 122 valence electrons. The number of para-hydroxylation sites is 1. The number of rotatable bonds is 8. The van der Waals surface area contributed by atoms with Crippen molar-refractivity contribution < 1.29 is 19.4 Å². The highest BCUT2D eigenvalue weighted by molar-refractivity contribution is 7.15. The summed E-state index contributed by atoms with van der Waals surface area (Å²) in [4.78, 5) is 27.6. The molecule has 0 saturated carbocycles. The Morgan fingerprint density at radius 2 is 2.00 bits per heavy atom. The number of carbonyl (C=O) groups excluding carboxylic acids is 1. The monoisotopic (exact) mass is 334 g/mol. The van der Waals surface area contributed by atoms with Gasteiger partial charge in [0.25, 0.3) is 0 Å². The highest BCUT2D eigenvalue weighted by atomic mass is 32.1. The number of anilines is 1. The number of hydrogen-bond acceptors (Lipinski definition) is 5. The fourth-order valence-corrected chi connectivity index (χ4v) is 2.87. The van der Waals surface area contributed by atoms with Gasteiger partial charge in [-0.3, -0.25) is 9.59 Å². The summed E-state index contributed by atoms with van der Waals surface area (Å²) in [5.41, 5.74) is 0.757. The van der Waals surface area contributed by atoms with Gasteiger partial charge in [-0.05, 0) is 25.5 Å². The summed E-state index contributed by atoms with van der Waals surface area (Å²) in [6, 6.07) is 9.29. The molecule has 1 aromatic heterocycles. The van der Waals surface area contributed by atoms with Gasteiger partial charge >= 0.3 is 5.97 Å². The van der Waals surface area contributed by atoms with Crippen molar-refractivity contribution in [2.45, 2.75) is 26.2 Å². The maximum atomic E-state index is 11.9. The predicted molar refractivity (Wildman–Crippen MR) is 88.0 cm³/mol. The number of amides is 1. The van der Waals surface area contributed by atoms with E-state index in [1.165, 1.54) is 11.3 Å². The van der Waals surface area contributed by atoms with Gasteiger partial charge in [-0.2, -0.15) is 0 Å². The fourth-order valence-electron chi connectivity index (χ4n) is 1.89. The first-order valence-electron chi connectivity index (χ1n) is 7.20. The van der Waals surface area contributed by atoms with Crippen LogP contribution in [0, 0.1) is 6.92 Å². The molecule has 1 heterocycles. The lowest BCUT2D eigenvalue weighted by Gasteiger charge is -2.05. The lowest BCUT2D eigenvalue weighted by Crippen LogP contribution is -2.15. The second-order valence-electron chi connectivity index (χ2n) is 4.88. The van der Waals surface area contributed by atoms with Crippen LogP contribution in [0.4, 0.5) is 5.13 Å². The number of hydrogen-bond donors (Lipinski definition) is 2. The van der Waals surface area contributed by atoms with Crippen molar-refractivity contribution in [3.05, 3.63) is 40.9 Å². The van der Waals surface area contributed by atoms with Gasteiger partial charge in [0.15, 0.2) is 5.13 Å². The smallest absolute Gasteiger partial charge is 0.303 e. The minimum Gasteiger partial charge on any atom is -0.493 e. The van der Waals surface area contributed by atoms with Gasteiger partial charge in [0.2, 0.25) is 5.91 Å². The van der Waals surface area contributed by atoms with Crippen molar-refractivity contribution in [1.29, 1.82) is 0 Å². The normalized spacial score (nSPS) is 10.3. The summed E-state index contributed by atoms with van der Waals surface area (Å²) in [5.74, 6) is -0.303. The molecule has 2 rings (SSSR count). The van der Waals surface area contributed by atoms with E-state index in [0.29, 0.717) is 11.6 Å². The molecule has 6 nitrogen and oxygen atoms in total.